The third-order valence-electron chi connectivity index (χ3n) is 4.78. The third-order valence-corrected chi connectivity index (χ3v) is 4.78. The first-order chi connectivity index (χ1) is 11.0. The zero-order valence-electron chi connectivity index (χ0n) is 13.3. The van der Waals surface area contributed by atoms with E-state index in [1.807, 2.05) is 12.3 Å². The van der Waals surface area contributed by atoms with Crippen molar-refractivity contribution >= 4 is 22.8 Å². The molecule has 1 amide bonds. The molecule has 1 saturated carbocycles. The van der Waals surface area contributed by atoms with Gasteiger partial charge < -0.3 is 15.4 Å². The molecule has 1 heterocycles. The minimum Gasteiger partial charge on any atom is -0.481 e. The van der Waals surface area contributed by atoms with Crippen molar-refractivity contribution in [2.24, 2.45) is 5.92 Å². The molecule has 2 atom stereocenters. The summed E-state index contributed by atoms with van der Waals surface area (Å²) < 4.78 is 0. The lowest BCUT2D eigenvalue weighted by Gasteiger charge is -2.12. The van der Waals surface area contributed by atoms with Gasteiger partial charge in [0.1, 0.15) is 0 Å². The van der Waals surface area contributed by atoms with E-state index < -0.39 is 5.97 Å². The molecule has 1 aliphatic carbocycles. The summed E-state index contributed by atoms with van der Waals surface area (Å²) in [5, 5.41) is 13.1. The highest BCUT2D eigenvalue weighted by molar-refractivity contribution is 5.86. The number of benzene rings is 1. The summed E-state index contributed by atoms with van der Waals surface area (Å²) in [6, 6.07) is 6.17. The van der Waals surface area contributed by atoms with E-state index in [9.17, 15) is 9.59 Å². The van der Waals surface area contributed by atoms with E-state index >= 15 is 0 Å². The average molecular weight is 314 g/mol. The summed E-state index contributed by atoms with van der Waals surface area (Å²) in [5.74, 6) is -1.06. The molecule has 2 aromatic rings. The second-order valence-electron chi connectivity index (χ2n) is 6.42. The summed E-state index contributed by atoms with van der Waals surface area (Å²) in [5.41, 5.74) is 3.47. The normalized spacial score (nSPS) is 20.7. The van der Waals surface area contributed by atoms with Crippen molar-refractivity contribution in [2.75, 3.05) is 0 Å². The second-order valence-corrected chi connectivity index (χ2v) is 6.42. The molecule has 5 nitrogen and oxygen atoms in total. The van der Waals surface area contributed by atoms with Crippen LogP contribution < -0.4 is 5.32 Å². The smallest absolute Gasteiger partial charge is 0.306 e. The van der Waals surface area contributed by atoms with E-state index in [0.29, 0.717) is 25.7 Å². The Morgan fingerprint density at radius 1 is 1.35 bits per heavy atom. The summed E-state index contributed by atoms with van der Waals surface area (Å²) in [6.07, 6.45) is 5.05. The number of para-hydroxylation sites is 1. The number of carboxylic acid groups (broad SMARTS) is 1. The Hall–Kier alpha value is -2.30. The summed E-state index contributed by atoms with van der Waals surface area (Å²) in [7, 11) is 0. The summed E-state index contributed by atoms with van der Waals surface area (Å²) in [4.78, 5) is 26.3. The Balaban J connectivity index is 1.55. The fourth-order valence-corrected chi connectivity index (χ4v) is 3.46. The van der Waals surface area contributed by atoms with Crippen LogP contribution in [0.15, 0.2) is 24.4 Å². The maximum Gasteiger partial charge on any atom is 0.306 e. The standard InChI is InChI=1S/C18H22N2O3/c1-11-3-2-4-15-13(10-19-17(11)15)6-8-16(21)20-14-7-5-12(9-14)18(22)23/h2-4,10,12,14,19H,5-9H2,1H3,(H,20,21)(H,22,23)/t12-,14-/m0/s1. The van der Waals surface area contributed by atoms with Crippen LogP contribution in [0.1, 0.15) is 36.8 Å². The van der Waals surface area contributed by atoms with Crippen molar-refractivity contribution in [3.05, 3.63) is 35.5 Å². The van der Waals surface area contributed by atoms with Gasteiger partial charge in [-0.2, -0.15) is 0 Å². The molecular weight excluding hydrogens is 292 g/mol. The van der Waals surface area contributed by atoms with Crippen molar-refractivity contribution in [1.82, 2.24) is 10.3 Å². The highest BCUT2D eigenvalue weighted by Crippen LogP contribution is 2.26. The van der Waals surface area contributed by atoms with Crippen molar-refractivity contribution < 1.29 is 14.7 Å². The first-order valence-corrected chi connectivity index (χ1v) is 8.12. The van der Waals surface area contributed by atoms with Crippen molar-refractivity contribution in [3.8, 4) is 0 Å². The van der Waals surface area contributed by atoms with Crippen molar-refractivity contribution in [1.29, 1.82) is 0 Å². The molecule has 5 heteroatoms. The Bertz CT molecular complexity index is 735. The molecule has 3 rings (SSSR count). The van der Waals surface area contributed by atoms with Crippen LogP contribution in [0.5, 0.6) is 0 Å². The highest BCUT2D eigenvalue weighted by atomic mass is 16.4. The van der Waals surface area contributed by atoms with Gasteiger partial charge in [-0.05, 0) is 43.7 Å². The second kappa shape index (κ2) is 6.44. The molecule has 0 saturated heterocycles. The predicted octanol–water partition coefficient (Wildman–Crippen LogP) is 2.78. The fraction of sp³-hybridized carbons (Fsp3) is 0.444. The summed E-state index contributed by atoms with van der Waals surface area (Å²) >= 11 is 0. The maximum atomic E-state index is 12.1. The fourth-order valence-electron chi connectivity index (χ4n) is 3.46. The number of rotatable bonds is 5. The summed E-state index contributed by atoms with van der Waals surface area (Å²) in [6.45, 7) is 2.06. The minimum absolute atomic E-state index is 0.00282. The number of aliphatic carboxylic acids is 1. The first-order valence-electron chi connectivity index (χ1n) is 8.12. The van der Waals surface area contributed by atoms with Crippen LogP contribution in [0.25, 0.3) is 10.9 Å². The number of carboxylic acids is 1. The molecule has 3 N–H and O–H groups in total. The van der Waals surface area contributed by atoms with Crippen LogP contribution in [0, 0.1) is 12.8 Å². The number of hydrogen-bond donors (Lipinski definition) is 3. The molecule has 0 bridgehead atoms. The largest absolute Gasteiger partial charge is 0.481 e. The van der Waals surface area contributed by atoms with E-state index in [2.05, 4.69) is 29.4 Å². The quantitative estimate of drug-likeness (QED) is 0.793. The molecule has 0 aliphatic heterocycles. The number of carbonyl (C=O) groups excluding carboxylic acids is 1. The number of hydrogen-bond acceptors (Lipinski definition) is 2. The van der Waals surface area contributed by atoms with E-state index in [0.717, 1.165) is 17.5 Å². The minimum atomic E-state index is -0.754. The highest BCUT2D eigenvalue weighted by Gasteiger charge is 2.30. The first kappa shape index (κ1) is 15.6. The Labute approximate surface area is 135 Å². The Morgan fingerprint density at radius 2 is 2.17 bits per heavy atom. The van der Waals surface area contributed by atoms with Gasteiger partial charge in [-0.1, -0.05) is 18.2 Å². The van der Waals surface area contributed by atoms with Crippen LogP contribution in [-0.4, -0.2) is 28.0 Å². The zero-order valence-corrected chi connectivity index (χ0v) is 13.3. The molecule has 1 aromatic carbocycles. The van der Waals surface area contributed by atoms with E-state index in [1.54, 1.807) is 0 Å². The topological polar surface area (TPSA) is 82.2 Å². The molecule has 1 fully saturated rings. The van der Waals surface area contributed by atoms with Crippen LogP contribution >= 0.6 is 0 Å². The number of aromatic nitrogens is 1. The van der Waals surface area contributed by atoms with Crippen LogP contribution in [-0.2, 0) is 16.0 Å². The molecule has 1 aromatic heterocycles. The lowest BCUT2D eigenvalue weighted by Crippen LogP contribution is -2.33. The van der Waals surface area contributed by atoms with Gasteiger partial charge in [0.25, 0.3) is 0 Å². The number of nitrogens with one attached hydrogen (secondary N) is 2. The molecular formula is C18H22N2O3. The SMILES string of the molecule is Cc1cccc2c(CCC(=O)N[C@H]3CC[C@H](C(=O)O)C3)c[nH]c12. The maximum absolute atomic E-state index is 12.1. The number of H-pyrrole nitrogens is 1. The van der Waals surface area contributed by atoms with Gasteiger partial charge in [-0.3, -0.25) is 9.59 Å². The van der Waals surface area contributed by atoms with Crippen LogP contribution in [0.3, 0.4) is 0 Å². The molecule has 0 radical (unpaired) electrons. The number of aryl methyl sites for hydroxylation is 2. The molecule has 0 unspecified atom stereocenters. The van der Waals surface area contributed by atoms with Gasteiger partial charge in [0.05, 0.1) is 5.92 Å². The van der Waals surface area contributed by atoms with Gasteiger partial charge in [0.2, 0.25) is 5.91 Å². The number of aromatic amines is 1. The molecule has 23 heavy (non-hydrogen) atoms. The molecule has 1 aliphatic rings. The Kier molecular flexibility index (Phi) is 4.37. The van der Waals surface area contributed by atoms with Gasteiger partial charge >= 0.3 is 5.97 Å². The van der Waals surface area contributed by atoms with Crippen molar-refractivity contribution in [2.45, 2.75) is 45.1 Å². The van der Waals surface area contributed by atoms with E-state index in [1.165, 1.54) is 10.9 Å². The average Bonchev–Trinajstić information content (AvgIpc) is 3.13. The van der Waals surface area contributed by atoms with E-state index in [-0.39, 0.29) is 17.9 Å². The zero-order chi connectivity index (χ0) is 16.4. The monoisotopic (exact) mass is 314 g/mol. The van der Waals surface area contributed by atoms with Gasteiger partial charge in [0, 0.05) is 29.6 Å². The lowest BCUT2D eigenvalue weighted by molar-refractivity contribution is -0.141. The predicted molar refractivity (Wildman–Crippen MR) is 88.3 cm³/mol. The molecule has 122 valence electrons. The van der Waals surface area contributed by atoms with Gasteiger partial charge in [-0.15, -0.1) is 0 Å². The van der Waals surface area contributed by atoms with Gasteiger partial charge in [0.15, 0.2) is 0 Å². The van der Waals surface area contributed by atoms with E-state index in [4.69, 9.17) is 5.11 Å². The number of amides is 1. The van der Waals surface area contributed by atoms with Crippen LogP contribution in [0.2, 0.25) is 0 Å². The van der Waals surface area contributed by atoms with Crippen molar-refractivity contribution in [3.63, 3.8) is 0 Å². The van der Waals surface area contributed by atoms with Crippen LogP contribution in [0.4, 0.5) is 0 Å². The molecule has 0 spiro atoms. The number of carbonyl (C=O) groups is 2. The third kappa shape index (κ3) is 3.38. The number of fused-ring (bicyclic) bond motifs is 1. The van der Waals surface area contributed by atoms with Gasteiger partial charge in [-0.25, -0.2) is 0 Å². The Morgan fingerprint density at radius 3 is 2.91 bits per heavy atom. The lowest BCUT2D eigenvalue weighted by atomic mass is 10.1.